The van der Waals surface area contributed by atoms with Crippen molar-refractivity contribution in [1.29, 1.82) is 0 Å². The monoisotopic (exact) mass is 324 g/mol. The molecule has 0 aromatic carbocycles. The van der Waals surface area contributed by atoms with E-state index in [1.807, 2.05) is 6.20 Å². The molecule has 0 aliphatic carbocycles. The van der Waals surface area contributed by atoms with Crippen molar-refractivity contribution in [3.05, 3.63) is 45.3 Å². The predicted octanol–water partition coefficient (Wildman–Crippen LogP) is 3.48. The Labute approximate surface area is 119 Å². The summed E-state index contributed by atoms with van der Waals surface area (Å²) in [6.45, 7) is 2.56. The summed E-state index contributed by atoms with van der Waals surface area (Å²) in [7, 11) is 0. The molecule has 0 radical (unpaired) electrons. The first kappa shape index (κ1) is 12.1. The van der Waals surface area contributed by atoms with Crippen LogP contribution in [0.3, 0.4) is 0 Å². The van der Waals surface area contributed by atoms with Gasteiger partial charge in [0.05, 0.1) is 18.5 Å². The molecule has 1 saturated heterocycles. The first-order valence-corrected chi connectivity index (χ1v) is 7.51. The molecule has 1 fully saturated rings. The van der Waals surface area contributed by atoms with Gasteiger partial charge in [0.25, 0.3) is 0 Å². The standard InChI is InChI=1S/C13H13BrN2OS/c14-10-6-11(8-15-7-10)16-3-4-17-12(9-16)13-2-1-5-18-13/h1-2,5-8,12H,3-4,9H2. The van der Waals surface area contributed by atoms with E-state index in [1.54, 1.807) is 17.5 Å². The highest BCUT2D eigenvalue weighted by atomic mass is 79.9. The second kappa shape index (κ2) is 5.38. The second-order valence-corrected chi connectivity index (χ2v) is 6.08. The van der Waals surface area contributed by atoms with E-state index in [0.717, 1.165) is 29.9 Å². The molecule has 0 saturated carbocycles. The molecule has 0 spiro atoms. The van der Waals surface area contributed by atoms with Crippen molar-refractivity contribution in [1.82, 2.24) is 4.98 Å². The maximum absolute atomic E-state index is 5.84. The number of anilines is 1. The van der Waals surface area contributed by atoms with Crippen molar-refractivity contribution < 1.29 is 4.74 Å². The number of nitrogens with zero attached hydrogens (tertiary/aromatic N) is 2. The number of halogens is 1. The first-order valence-electron chi connectivity index (χ1n) is 5.83. The van der Waals surface area contributed by atoms with Crippen molar-refractivity contribution >= 4 is 33.0 Å². The van der Waals surface area contributed by atoms with Crippen molar-refractivity contribution in [3.8, 4) is 0 Å². The summed E-state index contributed by atoms with van der Waals surface area (Å²) in [5.74, 6) is 0. The van der Waals surface area contributed by atoms with Crippen molar-refractivity contribution in [2.75, 3.05) is 24.6 Å². The minimum absolute atomic E-state index is 0.178. The van der Waals surface area contributed by atoms with Crippen LogP contribution in [0.2, 0.25) is 0 Å². The van der Waals surface area contributed by atoms with Gasteiger partial charge in [-0.05, 0) is 33.4 Å². The van der Waals surface area contributed by atoms with Gasteiger partial charge >= 0.3 is 0 Å². The predicted molar refractivity (Wildman–Crippen MR) is 77.2 cm³/mol. The van der Waals surface area contributed by atoms with Crippen molar-refractivity contribution in [2.45, 2.75) is 6.10 Å². The molecule has 2 aromatic heterocycles. The van der Waals surface area contributed by atoms with Crippen LogP contribution in [-0.4, -0.2) is 24.7 Å². The summed E-state index contributed by atoms with van der Waals surface area (Å²) in [5.41, 5.74) is 1.15. The van der Waals surface area contributed by atoms with Gasteiger partial charge < -0.3 is 9.64 Å². The van der Waals surface area contributed by atoms with Crippen LogP contribution in [0.5, 0.6) is 0 Å². The second-order valence-electron chi connectivity index (χ2n) is 4.18. The van der Waals surface area contributed by atoms with Gasteiger partial charge in [-0.1, -0.05) is 6.07 Å². The van der Waals surface area contributed by atoms with Crippen LogP contribution in [0.25, 0.3) is 0 Å². The minimum Gasteiger partial charge on any atom is -0.369 e. The lowest BCUT2D eigenvalue weighted by molar-refractivity contribution is 0.0421. The summed E-state index contributed by atoms with van der Waals surface area (Å²) in [6.07, 6.45) is 3.89. The molecule has 0 amide bonds. The highest BCUT2D eigenvalue weighted by molar-refractivity contribution is 9.10. The fourth-order valence-electron chi connectivity index (χ4n) is 2.10. The summed E-state index contributed by atoms with van der Waals surface area (Å²) >= 11 is 5.22. The third-order valence-corrected chi connectivity index (χ3v) is 4.38. The molecule has 18 heavy (non-hydrogen) atoms. The van der Waals surface area contributed by atoms with Gasteiger partial charge in [0.1, 0.15) is 6.10 Å². The summed E-state index contributed by atoms with van der Waals surface area (Å²) in [5, 5.41) is 2.10. The van der Waals surface area contributed by atoms with Gasteiger partial charge in [-0.25, -0.2) is 0 Å². The molecule has 3 rings (SSSR count). The highest BCUT2D eigenvalue weighted by Crippen LogP contribution is 2.29. The van der Waals surface area contributed by atoms with Crippen LogP contribution in [0.15, 0.2) is 40.4 Å². The van der Waals surface area contributed by atoms with Crippen LogP contribution in [-0.2, 0) is 4.74 Å². The summed E-state index contributed by atoms with van der Waals surface area (Å²) in [4.78, 5) is 7.84. The van der Waals surface area contributed by atoms with Gasteiger partial charge in [-0.2, -0.15) is 0 Å². The lowest BCUT2D eigenvalue weighted by Gasteiger charge is -2.34. The number of hydrogen-bond donors (Lipinski definition) is 0. The van der Waals surface area contributed by atoms with Crippen molar-refractivity contribution in [2.24, 2.45) is 0 Å². The van der Waals surface area contributed by atoms with E-state index in [-0.39, 0.29) is 6.10 Å². The number of pyridine rings is 1. The third-order valence-electron chi connectivity index (χ3n) is 2.98. The van der Waals surface area contributed by atoms with E-state index in [0.29, 0.717) is 0 Å². The number of aromatic nitrogens is 1. The Morgan fingerprint density at radius 2 is 2.39 bits per heavy atom. The Morgan fingerprint density at radius 3 is 3.17 bits per heavy atom. The van der Waals surface area contributed by atoms with Crippen LogP contribution < -0.4 is 4.90 Å². The van der Waals surface area contributed by atoms with Crippen molar-refractivity contribution in [3.63, 3.8) is 0 Å². The molecule has 94 valence electrons. The molecule has 1 aliphatic heterocycles. The van der Waals surface area contributed by atoms with E-state index in [4.69, 9.17) is 4.74 Å². The SMILES string of the molecule is Brc1cncc(N2CCOC(c3cccs3)C2)c1. The Bertz CT molecular complexity index is 517. The number of thiophene rings is 1. The molecule has 2 aromatic rings. The number of hydrogen-bond acceptors (Lipinski definition) is 4. The molecule has 1 aliphatic rings. The first-order chi connectivity index (χ1) is 8.83. The largest absolute Gasteiger partial charge is 0.369 e. The Hall–Kier alpha value is -0.910. The van der Waals surface area contributed by atoms with Crippen LogP contribution in [0.1, 0.15) is 11.0 Å². The molecular weight excluding hydrogens is 312 g/mol. The normalized spacial score (nSPS) is 20.1. The zero-order valence-electron chi connectivity index (χ0n) is 9.75. The zero-order chi connectivity index (χ0) is 12.4. The quantitative estimate of drug-likeness (QED) is 0.845. The fourth-order valence-corrected chi connectivity index (χ4v) is 3.22. The average molecular weight is 325 g/mol. The Balaban J connectivity index is 1.78. The molecule has 5 heteroatoms. The van der Waals surface area contributed by atoms with Crippen LogP contribution >= 0.6 is 27.3 Å². The lowest BCUT2D eigenvalue weighted by Crippen LogP contribution is -2.38. The molecule has 0 bridgehead atoms. The van der Waals surface area contributed by atoms with Gasteiger partial charge in [-0.3, -0.25) is 4.98 Å². The highest BCUT2D eigenvalue weighted by Gasteiger charge is 2.23. The Morgan fingerprint density at radius 1 is 1.44 bits per heavy atom. The van der Waals surface area contributed by atoms with Crippen LogP contribution in [0, 0.1) is 0 Å². The lowest BCUT2D eigenvalue weighted by atomic mass is 10.2. The van der Waals surface area contributed by atoms with E-state index < -0.39 is 0 Å². The average Bonchev–Trinajstić information content (AvgIpc) is 2.93. The molecule has 3 heterocycles. The van der Waals surface area contributed by atoms with Gasteiger partial charge in [-0.15, -0.1) is 11.3 Å². The van der Waals surface area contributed by atoms with E-state index in [1.165, 1.54) is 4.88 Å². The van der Waals surface area contributed by atoms with Crippen LogP contribution in [0.4, 0.5) is 5.69 Å². The van der Waals surface area contributed by atoms with E-state index in [9.17, 15) is 0 Å². The maximum Gasteiger partial charge on any atom is 0.109 e. The molecule has 3 nitrogen and oxygen atoms in total. The topological polar surface area (TPSA) is 25.4 Å². The molecular formula is C13H13BrN2OS. The number of rotatable bonds is 2. The fraction of sp³-hybridized carbons (Fsp3) is 0.308. The van der Waals surface area contributed by atoms with Gasteiger partial charge in [0, 0.05) is 28.6 Å². The molecule has 1 unspecified atom stereocenters. The van der Waals surface area contributed by atoms with Gasteiger partial charge in [0.15, 0.2) is 0 Å². The minimum atomic E-state index is 0.178. The zero-order valence-corrected chi connectivity index (χ0v) is 12.2. The van der Waals surface area contributed by atoms with E-state index in [2.05, 4.69) is 49.4 Å². The molecule has 1 atom stereocenters. The summed E-state index contributed by atoms with van der Waals surface area (Å²) < 4.78 is 6.85. The number of ether oxygens (including phenoxy) is 1. The smallest absolute Gasteiger partial charge is 0.109 e. The van der Waals surface area contributed by atoms with E-state index >= 15 is 0 Å². The third kappa shape index (κ3) is 2.58. The maximum atomic E-state index is 5.84. The number of morpholine rings is 1. The molecule has 0 N–H and O–H groups in total. The summed E-state index contributed by atoms with van der Waals surface area (Å²) in [6, 6.07) is 6.31. The van der Waals surface area contributed by atoms with Gasteiger partial charge in [0.2, 0.25) is 0 Å². The Kier molecular flexibility index (Phi) is 3.63.